The predicted octanol–water partition coefficient (Wildman–Crippen LogP) is 2.39. The molecule has 21 heavy (non-hydrogen) atoms. The van der Waals surface area contributed by atoms with Crippen molar-refractivity contribution in [3.05, 3.63) is 57.9 Å². The molecule has 0 unspecified atom stereocenters. The molecule has 3 heterocycles. The van der Waals surface area contributed by atoms with Crippen LogP contribution in [-0.4, -0.2) is 22.8 Å². The summed E-state index contributed by atoms with van der Waals surface area (Å²) in [4.78, 5) is 12.2. The Morgan fingerprint density at radius 1 is 1.24 bits per heavy atom. The molecule has 5 heteroatoms. The normalized spacial score (nSPS) is 19.9. The van der Waals surface area contributed by atoms with Crippen molar-refractivity contribution in [2.75, 3.05) is 11.9 Å². The molecule has 0 radical (unpaired) electrons. The van der Waals surface area contributed by atoms with Gasteiger partial charge in [0.05, 0.1) is 11.3 Å². The molecule has 0 fully saturated rings. The summed E-state index contributed by atoms with van der Waals surface area (Å²) in [6, 6.07) is 8.26. The van der Waals surface area contributed by atoms with Crippen molar-refractivity contribution in [3.8, 4) is 0 Å². The number of hydrogen-bond acceptors (Lipinski definition) is 4. The average molecular weight is 281 g/mol. The van der Waals surface area contributed by atoms with E-state index in [0.717, 1.165) is 28.3 Å². The Labute approximate surface area is 122 Å². The molecule has 2 N–H and O–H groups in total. The maximum absolute atomic E-state index is 12.2. The van der Waals surface area contributed by atoms with E-state index in [1.807, 2.05) is 6.92 Å². The number of aromatic amines is 1. The number of fused-ring (bicyclic) bond motifs is 1. The van der Waals surface area contributed by atoms with Crippen molar-refractivity contribution < 1.29 is 9.53 Å². The van der Waals surface area contributed by atoms with E-state index in [1.165, 1.54) is 5.56 Å². The number of carbonyl (C=O) groups is 1. The van der Waals surface area contributed by atoms with E-state index in [-0.39, 0.29) is 11.9 Å². The third kappa shape index (κ3) is 1.70. The van der Waals surface area contributed by atoms with Crippen molar-refractivity contribution in [2.24, 2.45) is 0 Å². The number of aryl methyl sites for hydroxylation is 2. The van der Waals surface area contributed by atoms with Gasteiger partial charge in [-0.15, -0.1) is 0 Å². The van der Waals surface area contributed by atoms with Gasteiger partial charge in [-0.1, -0.05) is 29.8 Å². The molecular formula is C16H15N3O2. The number of aromatic nitrogens is 2. The van der Waals surface area contributed by atoms with E-state index in [9.17, 15) is 4.79 Å². The van der Waals surface area contributed by atoms with E-state index in [4.69, 9.17) is 4.74 Å². The van der Waals surface area contributed by atoms with Gasteiger partial charge in [0.25, 0.3) is 0 Å². The highest BCUT2D eigenvalue weighted by atomic mass is 16.5. The van der Waals surface area contributed by atoms with Crippen LogP contribution in [0.25, 0.3) is 0 Å². The van der Waals surface area contributed by atoms with E-state index < -0.39 is 0 Å². The fourth-order valence-electron chi connectivity index (χ4n) is 3.08. The molecule has 0 spiro atoms. The summed E-state index contributed by atoms with van der Waals surface area (Å²) in [7, 11) is 0. The van der Waals surface area contributed by atoms with Crippen LogP contribution >= 0.6 is 0 Å². The number of ether oxygens (including phenoxy) is 1. The largest absolute Gasteiger partial charge is 0.456 e. The summed E-state index contributed by atoms with van der Waals surface area (Å²) in [5.41, 5.74) is 5.80. The number of cyclic esters (lactones) is 1. The van der Waals surface area contributed by atoms with Crippen molar-refractivity contribution in [1.29, 1.82) is 0 Å². The lowest BCUT2D eigenvalue weighted by Crippen LogP contribution is -2.19. The Kier molecular flexibility index (Phi) is 2.45. The molecule has 5 nitrogen and oxygen atoms in total. The number of hydrogen-bond donors (Lipinski definition) is 2. The van der Waals surface area contributed by atoms with Crippen molar-refractivity contribution in [1.82, 2.24) is 10.2 Å². The number of H-pyrrole nitrogens is 1. The van der Waals surface area contributed by atoms with Crippen LogP contribution in [0.5, 0.6) is 0 Å². The molecule has 0 saturated heterocycles. The quantitative estimate of drug-likeness (QED) is 0.788. The molecule has 106 valence electrons. The predicted molar refractivity (Wildman–Crippen MR) is 78.0 cm³/mol. The monoisotopic (exact) mass is 281 g/mol. The summed E-state index contributed by atoms with van der Waals surface area (Å²) < 4.78 is 5.20. The number of esters is 1. The fraction of sp³-hybridized carbons (Fsp3) is 0.250. The van der Waals surface area contributed by atoms with Crippen molar-refractivity contribution >= 4 is 11.8 Å². The van der Waals surface area contributed by atoms with Gasteiger partial charge in [-0.2, -0.15) is 5.10 Å². The minimum Gasteiger partial charge on any atom is -0.456 e. The van der Waals surface area contributed by atoms with Crippen LogP contribution in [0, 0.1) is 13.8 Å². The Morgan fingerprint density at radius 3 is 2.76 bits per heavy atom. The highest BCUT2D eigenvalue weighted by molar-refractivity contribution is 5.97. The molecule has 2 aliphatic rings. The Hall–Kier alpha value is -2.56. The lowest BCUT2D eigenvalue weighted by molar-refractivity contribution is -0.136. The Balaban J connectivity index is 1.94. The highest BCUT2D eigenvalue weighted by Gasteiger charge is 2.40. The van der Waals surface area contributed by atoms with Gasteiger partial charge in [0.1, 0.15) is 6.61 Å². The minimum absolute atomic E-state index is 0.120. The van der Waals surface area contributed by atoms with Crippen LogP contribution in [0.4, 0.5) is 5.82 Å². The number of rotatable bonds is 1. The molecule has 2 aliphatic heterocycles. The Morgan fingerprint density at radius 2 is 2.00 bits per heavy atom. The highest BCUT2D eigenvalue weighted by Crippen LogP contribution is 2.44. The third-order valence-electron chi connectivity index (χ3n) is 4.14. The van der Waals surface area contributed by atoms with Crippen molar-refractivity contribution in [2.45, 2.75) is 19.8 Å². The second kappa shape index (κ2) is 4.22. The van der Waals surface area contributed by atoms with Gasteiger partial charge in [0, 0.05) is 17.2 Å². The van der Waals surface area contributed by atoms with Crippen LogP contribution < -0.4 is 5.32 Å². The molecule has 1 aromatic carbocycles. The summed E-state index contributed by atoms with van der Waals surface area (Å²) in [5, 5.41) is 10.5. The zero-order valence-corrected chi connectivity index (χ0v) is 11.9. The first-order valence-corrected chi connectivity index (χ1v) is 6.94. The zero-order chi connectivity index (χ0) is 14.6. The molecule has 2 aromatic rings. The van der Waals surface area contributed by atoms with Crippen LogP contribution in [0.2, 0.25) is 0 Å². The van der Waals surface area contributed by atoms with Crippen LogP contribution in [0.1, 0.15) is 28.3 Å². The van der Waals surface area contributed by atoms with Gasteiger partial charge in [0.15, 0.2) is 5.82 Å². The van der Waals surface area contributed by atoms with Crippen LogP contribution in [-0.2, 0) is 9.53 Å². The molecule has 0 saturated carbocycles. The number of nitrogens with zero attached hydrogens (tertiary/aromatic N) is 1. The number of anilines is 1. The first-order chi connectivity index (χ1) is 10.1. The van der Waals surface area contributed by atoms with Crippen molar-refractivity contribution in [3.63, 3.8) is 0 Å². The molecule has 0 amide bonds. The topological polar surface area (TPSA) is 67.0 Å². The first-order valence-electron chi connectivity index (χ1n) is 6.94. The van der Waals surface area contributed by atoms with E-state index in [0.29, 0.717) is 12.2 Å². The molecule has 0 bridgehead atoms. The third-order valence-corrected chi connectivity index (χ3v) is 4.14. The summed E-state index contributed by atoms with van der Waals surface area (Å²) in [5.74, 6) is 0.426. The van der Waals surface area contributed by atoms with Crippen LogP contribution in [0.15, 0.2) is 35.5 Å². The van der Waals surface area contributed by atoms with Gasteiger partial charge >= 0.3 is 5.97 Å². The lowest BCUT2D eigenvalue weighted by atomic mass is 9.82. The molecular weight excluding hydrogens is 266 g/mol. The number of benzene rings is 1. The number of carbonyl (C=O) groups excluding carboxylic acids is 1. The molecule has 1 aromatic heterocycles. The van der Waals surface area contributed by atoms with Crippen LogP contribution in [0.3, 0.4) is 0 Å². The SMILES string of the molecule is Cc1ccc([C@@H]2C3=C(COC3=O)Nc3n[nH]c(C)c32)cc1. The standard InChI is InChI=1S/C16H15N3O2/c1-8-3-5-10(6-4-8)13-12-9(2)18-19-15(12)17-11-7-21-16(20)14(11)13/h3-6,13H,7H2,1-2H3,(H2,17,18,19)/t13-/m0/s1. The first kappa shape index (κ1) is 12.2. The fourth-order valence-corrected chi connectivity index (χ4v) is 3.08. The minimum atomic E-state index is -0.241. The number of nitrogens with one attached hydrogen (secondary N) is 2. The van der Waals surface area contributed by atoms with Gasteiger partial charge in [-0.25, -0.2) is 4.79 Å². The van der Waals surface area contributed by atoms with E-state index in [1.54, 1.807) is 0 Å². The summed E-state index contributed by atoms with van der Waals surface area (Å²) in [6.45, 7) is 4.32. The van der Waals surface area contributed by atoms with Gasteiger partial charge < -0.3 is 10.1 Å². The smallest absolute Gasteiger partial charge is 0.337 e. The van der Waals surface area contributed by atoms with Gasteiger partial charge in [-0.05, 0) is 19.4 Å². The maximum atomic E-state index is 12.2. The average Bonchev–Trinajstić information content (AvgIpc) is 3.03. The molecule has 1 atom stereocenters. The lowest BCUT2D eigenvalue weighted by Gasteiger charge is -2.24. The maximum Gasteiger partial charge on any atom is 0.337 e. The summed E-state index contributed by atoms with van der Waals surface area (Å²) >= 11 is 0. The second-order valence-electron chi connectivity index (χ2n) is 5.55. The Bertz CT molecular complexity index is 771. The van der Waals surface area contributed by atoms with E-state index >= 15 is 0 Å². The summed E-state index contributed by atoms with van der Waals surface area (Å²) in [6.07, 6.45) is 0. The molecule has 4 rings (SSSR count). The van der Waals surface area contributed by atoms with Gasteiger partial charge in [-0.3, -0.25) is 5.10 Å². The zero-order valence-electron chi connectivity index (χ0n) is 11.9. The second-order valence-corrected chi connectivity index (χ2v) is 5.55. The van der Waals surface area contributed by atoms with E-state index in [2.05, 4.69) is 46.7 Å². The molecule has 0 aliphatic carbocycles. The van der Waals surface area contributed by atoms with Gasteiger partial charge in [0.2, 0.25) is 0 Å².